The van der Waals surface area contributed by atoms with Crippen molar-refractivity contribution in [2.24, 2.45) is 11.5 Å². The van der Waals surface area contributed by atoms with Crippen molar-refractivity contribution in [2.75, 3.05) is 7.11 Å². The highest BCUT2D eigenvalue weighted by molar-refractivity contribution is 5.89. The average Bonchev–Trinajstić information content (AvgIpc) is 2.04. The first-order chi connectivity index (χ1) is 5.99. The van der Waals surface area contributed by atoms with Gasteiger partial charge in [-0.15, -0.1) is 12.4 Å². The molecule has 1 aliphatic carbocycles. The van der Waals surface area contributed by atoms with E-state index in [9.17, 15) is 4.79 Å². The SMILES string of the molecule is COC1=C(N)CC(N)(C(C)=O)C=C1.Cl. The molecule has 0 radical (unpaired) electrons. The van der Waals surface area contributed by atoms with E-state index in [4.69, 9.17) is 16.2 Å². The van der Waals surface area contributed by atoms with Crippen molar-refractivity contribution >= 4 is 18.2 Å². The molecule has 1 aliphatic rings. The summed E-state index contributed by atoms with van der Waals surface area (Å²) in [6.07, 6.45) is 3.59. The summed E-state index contributed by atoms with van der Waals surface area (Å²) in [5, 5.41) is 0. The van der Waals surface area contributed by atoms with Gasteiger partial charge in [0.2, 0.25) is 0 Å². The van der Waals surface area contributed by atoms with Gasteiger partial charge in [-0.1, -0.05) is 6.08 Å². The third-order valence-electron chi connectivity index (χ3n) is 2.21. The molecule has 1 unspecified atom stereocenters. The highest BCUT2D eigenvalue weighted by Gasteiger charge is 2.31. The maximum absolute atomic E-state index is 11.2. The zero-order valence-electron chi connectivity index (χ0n) is 8.24. The number of ether oxygens (including phenoxy) is 1. The summed E-state index contributed by atoms with van der Waals surface area (Å²) in [7, 11) is 1.53. The number of rotatable bonds is 2. The van der Waals surface area contributed by atoms with Crippen molar-refractivity contribution in [3.05, 3.63) is 23.6 Å². The summed E-state index contributed by atoms with van der Waals surface area (Å²) in [4.78, 5) is 11.2. The van der Waals surface area contributed by atoms with Crippen LogP contribution in [0.25, 0.3) is 0 Å². The molecule has 0 heterocycles. The smallest absolute Gasteiger partial charge is 0.153 e. The van der Waals surface area contributed by atoms with Crippen molar-refractivity contribution in [3.8, 4) is 0 Å². The predicted octanol–water partition coefficient (Wildman–Crippen LogP) is 0.471. The number of methoxy groups -OCH3 is 1. The van der Waals surface area contributed by atoms with Crippen LogP contribution in [0.15, 0.2) is 23.6 Å². The minimum Gasteiger partial charge on any atom is -0.495 e. The summed E-state index contributed by atoms with van der Waals surface area (Å²) < 4.78 is 4.98. The van der Waals surface area contributed by atoms with E-state index >= 15 is 0 Å². The molecule has 0 aromatic heterocycles. The number of halogens is 1. The minimum absolute atomic E-state index is 0. The molecular weight excluding hydrogens is 204 g/mol. The Kier molecular flexibility index (Phi) is 4.16. The fourth-order valence-corrected chi connectivity index (χ4v) is 1.23. The Hall–Kier alpha value is -1.00. The van der Waals surface area contributed by atoms with Crippen LogP contribution in [0.1, 0.15) is 13.3 Å². The lowest BCUT2D eigenvalue weighted by molar-refractivity contribution is -0.120. The lowest BCUT2D eigenvalue weighted by Gasteiger charge is -2.26. The van der Waals surface area contributed by atoms with Gasteiger partial charge in [-0.05, 0) is 13.0 Å². The Bertz CT molecular complexity index is 299. The molecule has 4 N–H and O–H groups in total. The fraction of sp³-hybridized carbons (Fsp3) is 0.444. The van der Waals surface area contributed by atoms with Crippen LogP contribution in [0.2, 0.25) is 0 Å². The number of carbonyl (C=O) groups excluding carboxylic acids is 1. The lowest BCUT2D eigenvalue weighted by Crippen LogP contribution is -2.47. The topological polar surface area (TPSA) is 78.3 Å². The molecule has 80 valence electrons. The Balaban J connectivity index is 0.00000169. The molecule has 4 nitrogen and oxygen atoms in total. The highest BCUT2D eigenvalue weighted by atomic mass is 35.5. The molecule has 0 saturated heterocycles. The normalized spacial score (nSPS) is 25.6. The van der Waals surface area contributed by atoms with Gasteiger partial charge in [0.25, 0.3) is 0 Å². The van der Waals surface area contributed by atoms with E-state index in [1.165, 1.54) is 14.0 Å². The van der Waals surface area contributed by atoms with Crippen LogP contribution in [0.5, 0.6) is 0 Å². The third kappa shape index (κ3) is 2.27. The molecule has 0 fully saturated rings. The lowest BCUT2D eigenvalue weighted by atomic mass is 9.86. The number of nitrogens with two attached hydrogens (primary N) is 2. The van der Waals surface area contributed by atoms with Crippen molar-refractivity contribution in [2.45, 2.75) is 18.9 Å². The van der Waals surface area contributed by atoms with Gasteiger partial charge in [0.1, 0.15) is 5.76 Å². The number of hydrogen-bond acceptors (Lipinski definition) is 4. The number of ketones is 1. The molecule has 5 heteroatoms. The van der Waals surface area contributed by atoms with Gasteiger partial charge < -0.3 is 16.2 Å². The van der Waals surface area contributed by atoms with E-state index < -0.39 is 5.54 Å². The number of carbonyl (C=O) groups is 1. The summed E-state index contributed by atoms with van der Waals surface area (Å²) >= 11 is 0. The molecule has 0 spiro atoms. The first-order valence-electron chi connectivity index (χ1n) is 4.01. The maximum Gasteiger partial charge on any atom is 0.153 e. The number of allylic oxidation sites excluding steroid dienone is 1. The quantitative estimate of drug-likeness (QED) is 0.707. The summed E-state index contributed by atoms with van der Waals surface area (Å²) in [5.74, 6) is 0.490. The second-order valence-corrected chi connectivity index (χ2v) is 3.20. The van der Waals surface area contributed by atoms with Crippen molar-refractivity contribution in [1.29, 1.82) is 0 Å². The number of hydrogen-bond donors (Lipinski definition) is 2. The molecule has 1 atom stereocenters. The highest BCUT2D eigenvalue weighted by Crippen LogP contribution is 2.23. The van der Waals surface area contributed by atoms with Crippen LogP contribution in [0, 0.1) is 0 Å². The van der Waals surface area contributed by atoms with Crippen LogP contribution in [-0.2, 0) is 9.53 Å². The zero-order chi connectivity index (χ0) is 10.1. The van der Waals surface area contributed by atoms with Crippen molar-refractivity contribution in [3.63, 3.8) is 0 Å². The monoisotopic (exact) mass is 218 g/mol. The standard InChI is InChI=1S/C9H14N2O2.ClH/c1-6(12)9(11)4-3-8(13-2)7(10)5-9;/h3-4H,5,10-11H2,1-2H3;1H. The van der Waals surface area contributed by atoms with E-state index in [1.807, 2.05) is 0 Å². The number of Topliss-reactive ketones (excluding diaryl/α,β-unsaturated/α-hetero) is 1. The first kappa shape index (κ1) is 13.0. The van der Waals surface area contributed by atoms with Gasteiger partial charge in [0, 0.05) is 6.42 Å². The van der Waals surface area contributed by atoms with E-state index in [1.54, 1.807) is 12.2 Å². The summed E-state index contributed by atoms with van der Waals surface area (Å²) in [5.41, 5.74) is 11.0. The third-order valence-corrected chi connectivity index (χ3v) is 2.21. The average molecular weight is 219 g/mol. The van der Waals surface area contributed by atoms with E-state index in [2.05, 4.69) is 0 Å². The van der Waals surface area contributed by atoms with Crippen molar-refractivity contribution < 1.29 is 9.53 Å². The van der Waals surface area contributed by atoms with E-state index in [-0.39, 0.29) is 18.2 Å². The van der Waals surface area contributed by atoms with Gasteiger partial charge in [0.05, 0.1) is 18.3 Å². The van der Waals surface area contributed by atoms with Crippen LogP contribution < -0.4 is 11.5 Å². The Morgan fingerprint density at radius 3 is 2.57 bits per heavy atom. The molecule has 0 bridgehead atoms. The van der Waals surface area contributed by atoms with E-state index in [0.29, 0.717) is 17.9 Å². The van der Waals surface area contributed by atoms with Crippen LogP contribution >= 0.6 is 12.4 Å². The second-order valence-electron chi connectivity index (χ2n) is 3.20. The first-order valence-corrected chi connectivity index (χ1v) is 4.01. The van der Waals surface area contributed by atoms with Crippen LogP contribution in [0.3, 0.4) is 0 Å². The fourth-order valence-electron chi connectivity index (χ4n) is 1.23. The molecular formula is C9H15ClN2O2. The van der Waals surface area contributed by atoms with Gasteiger partial charge in [-0.25, -0.2) is 0 Å². The van der Waals surface area contributed by atoms with Crippen LogP contribution in [-0.4, -0.2) is 18.4 Å². The molecule has 1 rings (SSSR count). The Morgan fingerprint density at radius 1 is 1.64 bits per heavy atom. The second kappa shape index (κ2) is 4.48. The van der Waals surface area contributed by atoms with Gasteiger partial charge in [-0.2, -0.15) is 0 Å². The molecule has 14 heavy (non-hydrogen) atoms. The molecule has 0 aliphatic heterocycles. The summed E-state index contributed by atoms with van der Waals surface area (Å²) in [6.45, 7) is 1.45. The van der Waals surface area contributed by atoms with Crippen molar-refractivity contribution in [1.82, 2.24) is 0 Å². The van der Waals surface area contributed by atoms with E-state index in [0.717, 1.165) is 0 Å². The maximum atomic E-state index is 11.2. The zero-order valence-corrected chi connectivity index (χ0v) is 9.06. The Labute approximate surface area is 89.4 Å². The molecule has 0 aromatic carbocycles. The molecule has 0 amide bonds. The minimum atomic E-state index is -0.952. The van der Waals surface area contributed by atoms with Crippen LogP contribution in [0.4, 0.5) is 0 Å². The molecule has 0 aromatic rings. The Morgan fingerprint density at radius 2 is 2.21 bits per heavy atom. The van der Waals surface area contributed by atoms with Gasteiger partial charge in [0.15, 0.2) is 5.78 Å². The van der Waals surface area contributed by atoms with Gasteiger partial charge >= 0.3 is 0 Å². The summed E-state index contributed by atoms with van der Waals surface area (Å²) in [6, 6.07) is 0. The molecule has 0 saturated carbocycles. The predicted molar refractivity (Wildman–Crippen MR) is 56.8 cm³/mol. The van der Waals surface area contributed by atoms with Gasteiger partial charge in [-0.3, -0.25) is 4.79 Å². The largest absolute Gasteiger partial charge is 0.495 e.